The van der Waals surface area contributed by atoms with Gasteiger partial charge < -0.3 is 5.73 Å². The van der Waals surface area contributed by atoms with Crippen LogP contribution in [0.4, 0.5) is 0 Å². The minimum atomic E-state index is 0.0261. The summed E-state index contributed by atoms with van der Waals surface area (Å²) < 4.78 is 2.21. The highest BCUT2D eigenvalue weighted by Gasteiger charge is 2.20. The monoisotopic (exact) mass is 391 g/mol. The third-order valence-corrected chi connectivity index (χ3v) is 7.70. The molecule has 0 amide bonds. The van der Waals surface area contributed by atoms with Crippen LogP contribution in [0.5, 0.6) is 0 Å². The van der Waals surface area contributed by atoms with Crippen LogP contribution >= 0.6 is 54.5 Å². The van der Waals surface area contributed by atoms with Crippen LogP contribution < -0.4 is 5.73 Å². The van der Waals surface area contributed by atoms with E-state index in [0.717, 1.165) is 8.26 Å². The fraction of sp³-hybridized carbons (Fsp3) is 0.333. The van der Waals surface area contributed by atoms with Crippen LogP contribution in [0.15, 0.2) is 20.4 Å². The molecule has 90 valence electrons. The number of nitrogens with two attached hydrogens (primary N) is 1. The molecule has 0 aliphatic heterocycles. The molecule has 0 spiro atoms. The van der Waals surface area contributed by atoms with Gasteiger partial charge in [0.15, 0.2) is 0 Å². The summed E-state index contributed by atoms with van der Waals surface area (Å²) in [4.78, 5) is 4.06. The topological polar surface area (TPSA) is 26.0 Å². The Morgan fingerprint density at radius 1 is 1.12 bits per heavy atom. The van der Waals surface area contributed by atoms with Crippen LogP contribution in [-0.2, 0) is 12.8 Å². The largest absolute Gasteiger partial charge is 0.319 e. The molecule has 2 N–H and O–H groups in total. The second-order valence-corrected chi connectivity index (χ2v) is 8.62. The molecule has 1 aliphatic rings. The van der Waals surface area contributed by atoms with E-state index in [1.54, 1.807) is 16.2 Å². The number of hydrogen-bond donors (Lipinski definition) is 1. The first-order chi connectivity index (χ1) is 8.15. The van der Waals surface area contributed by atoms with E-state index in [2.05, 4.69) is 44.0 Å². The fourth-order valence-electron chi connectivity index (χ4n) is 2.16. The van der Waals surface area contributed by atoms with E-state index in [1.165, 1.54) is 34.6 Å². The molecule has 1 nitrogen and oxygen atoms in total. The Balaban J connectivity index is 1.92. The van der Waals surface area contributed by atoms with E-state index < -0.39 is 0 Å². The van der Waals surface area contributed by atoms with Crippen molar-refractivity contribution in [2.45, 2.75) is 25.3 Å². The lowest BCUT2D eigenvalue weighted by atomic mass is 10.2. The molecule has 5 heteroatoms. The second-order valence-electron chi connectivity index (χ2n) is 4.20. The van der Waals surface area contributed by atoms with Crippen LogP contribution in [0.1, 0.15) is 32.7 Å². The van der Waals surface area contributed by atoms with Crippen molar-refractivity contribution in [2.24, 2.45) is 5.73 Å². The first-order valence-electron chi connectivity index (χ1n) is 5.47. The minimum Gasteiger partial charge on any atom is -0.319 e. The molecule has 0 saturated carbocycles. The van der Waals surface area contributed by atoms with Crippen LogP contribution in [0.2, 0.25) is 0 Å². The predicted molar refractivity (Wildman–Crippen MR) is 82.1 cm³/mol. The van der Waals surface area contributed by atoms with Crippen molar-refractivity contribution in [3.8, 4) is 0 Å². The highest BCUT2D eigenvalue weighted by atomic mass is 79.9. The zero-order valence-corrected chi connectivity index (χ0v) is 13.8. The van der Waals surface area contributed by atoms with Gasteiger partial charge >= 0.3 is 0 Å². The van der Waals surface area contributed by atoms with Crippen LogP contribution in [0.25, 0.3) is 0 Å². The Kier molecular flexibility index (Phi) is 3.47. The summed E-state index contributed by atoms with van der Waals surface area (Å²) in [5, 5.41) is 0. The van der Waals surface area contributed by atoms with Crippen LogP contribution in [-0.4, -0.2) is 0 Å². The molecule has 1 unspecified atom stereocenters. The molecular formula is C12H11Br2NS2. The Hall–Kier alpha value is 0.320. The van der Waals surface area contributed by atoms with Crippen molar-refractivity contribution in [1.82, 2.24) is 0 Å². The third-order valence-electron chi connectivity index (χ3n) is 3.04. The number of fused-ring (bicyclic) bond motifs is 1. The standard InChI is InChI=1S/C12H11Br2NS2/c13-7-5-10(17-12(7)14)11(15)9-4-6-2-1-3-8(6)16-9/h4-5,11H,1-3,15H2. The van der Waals surface area contributed by atoms with Gasteiger partial charge in [0.1, 0.15) is 0 Å². The molecule has 3 rings (SSSR count). The number of thiophene rings is 2. The Bertz CT molecular complexity index is 518. The first-order valence-corrected chi connectivity index (χ1v) is 8.69. The van der Waals surface area contributed by atoms with Gasteiger partial charge in [-0.1, -0.05) is 0 Å². The maximum atomic E-state index is 6.34. The maximum absolute atomic E-state index is 6.34. The number of hydrogen-bond acceptors (Lipinski definition) is 3. The summed E-state index contributed by atoms with van der Waals surface area (Å²) in [6.07, 6.45) is 3.79. The summed E-state index contributed by atoms with van der Waals surface area (Å²) in [6, 6.07) is 4.45. The van der Waals surface area contributed by atoms with E-state index in [0.29, 0.717) is 0 Å². The number of halogens is 2. The van der Waals surface area contributed by atoms with Crippen molar-refractivity contribution in [3.63, 3.8) is 0 Å². The molecule has 0 radical (unpaired) electrons. The van der Waals surface area contributed by atoms with Crippen LogP contribution in [0.3, 0.4) is 0 Å². The van der Waals surface area contributed by atoms with E-state index in [1.807, 2.05) is 11.3 Å². The summed E-state index contributed by atoms with van der Waals surface area (Å²) >= 11 is 10.6. The molecule has 0 saturated heterocycles. The van der Waals surface area contributed by atoms with Crippen molar-refractivity contribution >= 4 is 54.5 Å². The average Bonchev–Trinajstić information content (AvgIpc) is 2.92. The SMILES string of the molecule is NC(c1cc(Br)c(Br)s1)c1cc2c(s1)CCC2. The van der Waals surface area contributed by atoms with Gasteiger partial charge in [-0.3, -0.25) is 0 Å². The van der Waals surface area contributed by atoms with Crippen molar-refractivity contribution < 1.29 is 0 Å². The molecule has 0 fully saturated rings. The van der Waals surface area contributed by atoms with Gasteiger partial charge in [-0.2, -0.15) is 0 Å². The van der Waals surface area contributed by atoms with Gasteiger partial charge in [-0.05, 0) is 68.8 Å². The number of rotatable bonds is 2. The normalized spacial score (nSPS) is 16.2. The molecule has 1 atom stereocenters. The van der Waals surface area contributed by atoms with Crippen molar-refractivity contribution in [2.75, 3.05) is 0 Å². The van der Waals surface area contributed by atoms with E-state index in [4.69, 9.17) is 5.73 Å². The van der Waals surface area contributed by atoms with Gasteiger partial charge in [0.2, 0.25) is 0 Å². The first kappa shape index (κ1) is 12.4. The Labute approximate surface area is 125 Å². The van der Waals surface area contributed by atoms with Gasteiger partial charge in [-0.25, -0.2) is 0 Å². The summed E-state index contributed by atoms with van der Waals surface area (Å²) in [5.41, 5.74) is 7.86. The zero-order valence-electron chi connectivity index (χ0n) is 9.00. The quantitative estimate of drug-likeness (QED) is 0.774. The van der Waals surface area contributed by atoms with Gasteiger partial charge in [0.25, 0.3) is 0 Å². The molecule has 2 heterocycles. The summed E-state index contributed by atoms with van der Waals surface area (Å²) in [6.45, 7) is 0. The lowest BCUT2D eigenvalue weighted by Gasteiger charge is -2.06. The van der Waals surface area contributed by atoms with E-state index >= 15 is 0 Å². The van der Waals surface area contributed by atoms with Gasteiger partial charge in [-0.15, -0.1) is 22.7 Å². The van der Waals surface area contributed by atoms with Gasteiger partial charge in [0.05, 0.1) is 9.83 Å². The fourth-order valence-corrected chi connectivity index (χ4v) is 5.63. The smallest absolute Gasteiger partial charge is 0.0843 e. The molecule has 1 aliphatic carbocycles. The highest BCUT2D eigenvalue weighted by molar-refractivity contribution is 9.13. The van der Waals surface area contributed by atoms with E-state index in [-0.39, 0.29) is 6.04 Å². The van der Waals surface area contributed by atoms with Crippen molar-refractivity contribution in [1.29, 1.82) is 0 Å². The number of aryl methyl sites for hydroxylation is 2. The molecule has 2 aromatic rings. The Morgan fingerprint density at radius 3 is 2.53 bits per heavy atom. The highest BCUT2D eigenvalue weighted by Crippen LogP contribution is 2.40. The third kappa shape index (κ3) is 2.28. The van der Waals surface area contributed by atoms with E-state index in [9.17, 15) is 0 Å². The Morgan fingerprint density at radius 2 is 1.88 bits per heavy atom. The van der Waals surface area contributed by atoms with Crippen molar-refractivity contribution in [3.05, 3.63) is 40.6 Å². The molecule has 0 aromatic carbocycles. The average molecular weight is 393 g/mol. The van der Waals surface area contributed by atoms with Gasteiger partial charge in [0, 0.05) is 19.1 Å². The molecular weight excluding hydrogens is 382 g/mol. The second kappa shape index (κ2) is 4.78. The molecule has 17 heavy (non-hydrogen) atoms. The van der Waals surface area contributed by atoms with Crippen LogP contribution in [0, 0.1) is 0 Å². The predicted octanol–water partition coefficient (Wildman–Crippen LogP) is 4.87. The lowest BCUT2D eigenvalue weighted by molar-refractivity contribution is 0.895. The molecule has 0 bridgehead atoms. The zero-order chi connectivity index (χ0) is 12.0. The maximum Gasteiger partial charge on any atom is 0.0843 e. The molecule has 2 aromatic heterocycles. The summed E-state index contributed by atoms with van der Waals surface area (Å²) in [5.74, 6) is 0. The summed E-state index contributed by atoms with van der Waals surface area (Å²) in [7, 11) is 0. The minimum absolute atomic E-state index is 0.0261. The lowest BCUT2D eigenvalue weighted by Crippen LogP contribution is -2.08.